The minimum Gasteiger partial charge on any atom is -0.394 e. The van der Waals surface area contributed by atoms with E-state index in [1.807, 2.05) is 0 Å². The summed E-state index contributed by atoms with van der Waals surface area (Å²) in [5, 5.41) is 19.9. The summed E-state index contributed by atoms with van der Waals surface area (Å²) in [5.41, 5.74) is -1.03. The van der Waals surface area contributed by atoms with Gasteiger partial charge in [-0.3, -0.25) is 5.32 Å². The third kappa shape index (κ3) is 3.42. The van der Waals surface area contributed by atoms with Crippen LogP contribution in [0.25, 0.3) is 0 Å². The molecule has 0 fully saturated rings. The molecule has 0 amide bonds. The second kappa shape index (κ2) is 4.69. The number of halogens is 2. The third-order valence-corrected chi connectivity index (χ3v) is 1.65. The van der Waals surface area contributed by atoms with Crippen molar-refractivity contribution >= 4 is 0 Å². The van der Waals surface area contributed by atoms with E-state index in [9.17, 15) is 8.78 Å². The highest BCUT2D eigenvalue weighted by atomic mass is 19.3. The van der Waals surface area contributed by atoms with Crippen LogP contribution in [0.3, 0.4) is 0 Å². The predicted octanol–water partition coefficient (Wildman–Crippen LogP) is -0.0271. The second-order valence-corrected chi connectivity index (χ2v) is 3.14. The van der Waals surface area contributed by atoms with Gasteiger partial charge in [-0.2, -0.15) is 0 Å². The summed E-state index contributed by atoms with van der Waals surface area (Å²) in [6.45, 7) is 2.03. The fraction of sp³-hybridized carbons (Fsp3) is 1.00. The summed E-state index contributed by atoms with van der Waals surface area (Å²) in [5.74, 6) is 0. The topological polar surface area (TPSA) is 52.5 Å². The van der Waals surface area contributed by atoms with Gasteiger partial charge >= 0.3 is 0 Å². The van der Waals surface area contributed by atoms with Crippen molar-refractivity contribution in [1.82, 2.24) is 5.32 Å². The molecule has 0 saturated heterocycles. The van der Waals surface area contributed by atoms with Gasteiger partial charge < -0.3 is 10.2 Å². The second-order valence-electron chi connectivity index (χ2n) is 3.14. The summed E-state index contributed by atoms with van der Waals surface area (Å²) in [6, 6.07) is -1.03. The highest BCUT2D eigenvalue weighted by Crippen LogP contribution is 2.07. The van der Waals surface area contributed by atoms with Gasteiger partial charge in [0.2, 0.25) is 0 Å². The van der Waals surface area contributed by atoms with E-state index in [1.165, 1.54) is 13.8 Å². The molecular weight excluding hydrogens is 168 g/mol. The number of alkyl halides is 2. The normalized spacial score (nSPS) is 15.2. The largest absolute Gasteiger partial charge is 0.394 e. The first-order chi connectivity index (χ1) is 5.45. The molecule has 0 aromatic carbocycles. The van der Waals surface area contributed by atoms with Gasteiger partial charge in [-0.1, -0.05) is 0 Å². The number of rotatable bonds is 5. The molecule has 0 rings (SSSR count). The summed E-state index contributed by atoms with van der Waals surface area (Å²) >= 11 is 0. The molecule has 12 heavy (non-hydrogen) atoms. The molecule has 0 aromatic heterocycles. The minimum atomic E-state index is -2.50. The Morgan fingerprint density at radius 2 is 1.75 bits per heavy atom. The summed E-state index contributed by atoms with van der Waals surface area (Å²) in [4.78, 5) is 0. The van der Waals surface area contributed by atoms with Crippen LogP contribution in [-0.4, -0.2) is 41.4 Å². The van der Waals surface area contributed by atoms with Crippen LogP contribution in [0.5, 0.6) is 0 Å². The Kier molecular flexibility index (Phi) is 4.59. The van der Waals surface area contributed by atoms with E-state index in [4.69, 9.17) is 10.2 Å². The average molecular weight is 183 g/mol. The lowest BCUT2D eigenvalue weighted by Gasteiger charge is -2.29. The molecule has 5 heteroatoms. The quantitative estimate of drug-likeness (QED) is 0.561. The van der Waals surface area contributed by atoms with Crippen molar-refractivity contribution in [3.63, 3.8) is 0 Å². The molecule has 0 aliphatic heterocycles. The average Bonchev–Trinajstić information content (AvgIpc) is 2.04. The molecule has 0 bridgehead atoms. The lowest BCUT2D eigenvalue weighted by atomic mass is 10.0. The van der Waals surface area contributed by atoms with E-state index < -0.39 is 18.0 Å². The van der Waals surface area contributed by atoms with Gasteiger partial charge in [0.15, 0.2) is 0 Å². The van der Waals surface area contributed by atoms with Crippen molar-refractivity contribution in [2.75, 3.05) is 13.2 Å². The molecule has 0 aromatic rings. The number of aliphatic hydroxyl groups excluding tert-OH is 2. The van der Waals surface area contributed by atoms with Crippen LogP contribution in [0.4, 0.5) is 8.78 Å². The Hall–Kier alpha value is -0.260. The predicted molar refractivity (Wildman–Crippen MR) is 41.2 cm³/mol. The Balaban J connectivity index is 4.02. The SMILES string of the molecule is CC(NC(C)(CO)CO)C(F)F. The highest BCUT2D eigenvalue weighted by molar-refractivity contribution is 4.84. The van der Waals surface area contributed by atoms with Gasteiger partial charge in [0.1, 0.15) is 0 Å². The highest BCUT2D eigenvalue weighted by Gasteiger charge is 2.27. The van der Waals surface area contributed by atoms with Crippen molar-refractivity contribution in [3.05, 3.63) is 0 Å². The molecule has 0 heterocycles. The zero-order valence-corrected chi connectivity index (χ0v) is 7.22. The standard InChI is InChI=1S/C7H15F2NO2/c1-5(6(8)9)10-7(2,3-11)4-12/h5-6,10-12H,3-4H2,1-2H3. The maximum absolute atomic E-state index is 12.0. The van der Waals surface area contributed by atoms with Gasteiger partial charge in [-0.15, -0.1) is 0 Å². The van der Waals surface area contributed by atoms with Crippen LogP contribution in [0.1, 0.15) is 13.8 Å². The number of hydrogen-bond donors (Lipinski definition) is 3. The van der Waals surface area contributed by atoms with Crippen LogP contribution in [-0.2, 0) is 0 Å². The zero-order valence-electron chi connectivity index (χ0n) is 7.22. The third-order valence-electron chi connectivity index (χ3n) is 1.65. The Morgan fingerprint density at radius 3 is 2.00 bits per heavy atom. The van der Waals surface area contributed by atoms with Crippen LogP contribution >= 0.6 is 0 Å². The van der Waals surface area contributed by atoms with E-state index in [1.54, 1.807) is 0 Å². The van der Waals surface area contributed by atoms with Crippen LogP contribution in [0.15, 0.2) is 0 Å². The maximum atomic E-state index is 12.0. The lowest BCUT2D eigenvalue weighted by molar-refractivity contribution is 0.0479. The number of hydrogen-bond acceptors (Lipinski definition) is 3. The fourth-order valence-corrected chi connectivity index (χ4v) is 0.754. The molecule has 1 atom stereocenters. The first-order valence-electron chi connectivity index (χ1n) is 3.73. The van der Waals surface area contributed by atoms with E-state index in [2.05, 4.69) is 5.32 Å². The minimum absolute atomic E-state index is 0.374. The van der Waals surface area contributed by atoms with Gasteiger partial charge in [0, 0.05) is 0 Å². The van der Waals surface area contributed by atoms with Crippen molar-refractivity contribution in [2.45, 2.75) is 31.9 Å². The van der Waals surface area contributed by atoms with Gasteiger partial charge in [0.05, 0.1) is 24.8 Å². The molecule has 0 aliphatic rings. The zero-order chi connectivity index (χ0) is 9.78. The molecular formula is C7H15F2NO2. The summed E-state index contributed by atoms with van der Waals surface area (Å²) < 4.78 is 24.0. The fourth-order valence-electron chi connectivity index (χ4n) is 0.754. The van der Waals surface area contributed by atoms with Crippen LogP contribution < -0.4 is 5.32 Å². The van der Waals surface area contributed by atoms with E-state index in [-0.39, 0.29) is 13.2 Å². The van der Waals surface area contributed by atoms with Crippen LogP contribution in [0, 0.1) is 0 Å². The summed E-state index contributed by atoms with van der Waals surface area (Å²) in [7, 11) is 0. The van der Waals surface area contributed by atoms with E-state index in [0.29, 0.717) is 0 Å². The van der Waals surface area contributed by atoms with Crippen molar-refractivity contribution in [2.24, 2.45) is 0 Å². The van der Waals surface area contributed by atoms with Crippen molar-refractivity contribution in [1.29, 1.82) is 0 Å². The Labute approximate surface area is 70.4 Å². The molecule has 74 valence electrons. The number of nitrogens with one attached hydrogen (secondary N) is 1. The van der Waals surface area contributed by atoms with E-state index in [0.717, 1.165) is 0 Å². The smallest absolute Gasteiger partial charge is 0.253 e. The molecule has 3 nitrogen and oxygen atoms in total. The van der Waals surface area contributed by atoms with E-state index >= 15 is 0 Å². The van der Waals surface area contributed by atoms with Crippen LogP contribution in [0.2, 0.25) is 0 Å². The lowest BCUT2D eigenvalue weighted by Crippen LogP contribution is -2.54. The maximum Gasteiger partial charge on any atom is 0.253 e. The molecule has 1 unspecified atom stereocenters. The molecule has 0 radical (unpaired) electrons. The summed E-state index contributed by atoms with van der Waals surface area (Å²) in [6.07, 6.45) is -2.50. The van der Waals surface area contributed by atoms with Crippen molar-refractivity contribution < 1.29 is 19.0 Å². The first kappa shape index (κ1) is 11.7. The van der Waals surface area contributed by atoms with Gasteiger partial charge in [-0.25, -0.2) is 8.78 Å². The number of aliphatic hydroxyl groups is 2. The monoisotopic (exact) mass is 183 g/mol. The first-order valence-corrected chi connectivity index (χ1v) is 3.73. The molecule has 3 N–H and O–H groups in total. The van der Waals surface area contributed by atoms with Crippen molar-refractivity contribution in [3.8, 4) is 0 Å². The Morgan fingerprint density at radius 1 is 1.33 bits per heavy atom. The molecule has 0 spiro atoms. The Bertz CT molecular complexity index is 129. The molecule has 0 aliphatic carbocycles. The van der Waals surface area contributed by atoms with Gasteiger partial charge in [0.25, 0.3) is 6.43 Å². The van der Waals surface area contributed by atoms with Gasteiger partial charge in [-0.05, 0) is 13.8 Å². The molecule has 0 saturated carbocycles.